The van der Waals surface area contributed by atoms with Crippen LogP contribution in [0.1, 0.15) is 17.5 Å². The standard InChI is InChI=1S/C17H18ClN3O/c1-19-8-13-9-20-10-14(17(13)18)11-3-5-15-12(7-11)4-6-16(22)21(15)2/h3,5,7,9-10,19H,4,6,8H2,1-2H3. The molecule has 5 heteroatoms. The van der Waals surface area contributed by atoms with Gasteiger partial charge in [0.15, 0.2) is 0 Å². The minimum Gasteiger partial charge on any atom is -0.316 e. The summed E-state index contributed by atoms with van der Waals surface area (Å²) in [6.07, 6.45) is 4.90. The van der Waals surface area contributed by atoms with Crippen molar-refractivity contribution >= 4 is 23.2 Å². The van der Waals surface area contributed by atoms with Crippen LogP contribution in [-0.4, -0.2) is 25.0 Å². The van der Waals surface area contributed by atoms with Crippen molar-refractivity contribution < 1.29 is 4.79 Å². The Morgan fingerprint density at radius 3 is 2.91 bits per heavy atom. The van der Waals surface area contributed by atoms with Gasteiger partial charge in [-0.05, 0) is 36.7 Å². The first kappa shape index (κ1) is 15.0. The van der Waals surface area contributed by atoms with Crippen LogP contribution in [0.25, 0.3) is 11.1 Å². The molecule has 0 saturated carbocycles. The smallest absolute Gasteiger partial charge is 0.227 e. The molecule has 114 valence electrons. The quantitative estimate of drug-likeness (QED) is 0.947. The van der Waals surface area contributed by atoms with Crippen molar-refractivity contribution in [1.82, 2.24) is 10.3 Å². The molecule has 1 N–H and O–H groups in total. The molecule has 3 rings (SSSR count). The van der Waals surface area contributed by atoms with Crippen molar-refractivity contribution in [3.8, 4) is 11.1 Å². The zero-order chi connectivity index (χ0) is 15.7. The average molecular weight is 316 g/mol. The molecule has 0 spiro atoms. The highest BCUT2D eigenvalue weighted by atomic mass is 35.5. The first-order valence-corrected chi connectivity index (χ1v) is 7.66. The highest BCUT2D eigenvalue weighted by molar-refractivity contribution is 6.34. The summed E-state index contributed by atoms with van der Waals surface area (Å²) in [4.78, 5) is 17.8. The van der Waals surface area contributed by atoms with Gasteiger partial charge in [-0.2, -0.15) is 0 Å². The van der Waals surface area contributed by atoms with Gasteiger partial charge in [0.25, 0.3) is 0 Å². The molecule has 0 fully saturated rings. The molecule has 1 aliphatic heterocycles. The second-order valence-corrected chi connectivity index (χ2v) is 5.86. The lowest BCUT2D eigenvalue weighted by molar-refractivity contribution is -0.118. The van der Waals surface area contributed by atoms with Crippen LogP contribution in [0.4, 0.5) is 5.69 Å². The number of amides is 1. The third-order valence-electron chi connectivity index (χ3n) is 4.05. The van der Waals surface area contributed by atoms with E-state index in [-0.39, 0.29) is 5.91 Å². The first-order valence-electron chi connectivity index (χ1n) is 7.28. The van der Waals surface area contributed by atoms with Gasteiger partial charge in [-0.25, -0.2) is 0 Å². The van der Waals surface area contributed by atoms with Gasteiger partial charge in [0.1, 0.15) is 0 Å². The second kappa shape index (κ2) is 6.07. The van der Waals surface area contributed by atoms with E-state index < -0.39 is 0 Å². The van der Waals surface area contributed by atoms with E-state index >= 15 is 0 Å². The predicted octanol–water partition coefficient (Wildman–Crippen LogP) is 3.03. The van der Waals surface area contributed by atoms with Crippen LogP contribution in [0.15, 0.2) is 30.6 Å². The fourth-order valence-corrected chi connectivity index (χ4v) is 3.10. The number of anilines is 1. The Bertz CT molecular complexity index is 730. The lowest BCUT2D eigenvalue weighted by Crippen LogP contribution is -2.30. The van der Waals surface area contributed by atoms with Crippen LogP contribution >= 0.6 is 11.6 Å². The highest BCUT2D eigenvalue weighted by Gasteiger charge is 2.21. The lowest BCUT2D eigenvalue weighted by Gasteiger charge is -2.26. The molecule has 0 bridgehead atoms. The zero-order valence-corrected chi connectivity index (χ0v) is 13.4. The third kappa shape index (κ3) is 2.60. The average Bonchev–Trinajstić information content (AvgIpc) is 2.53. The first-order chi connectivity index (χ1) is 10.6. The van der Waals surface area contributed by atoms with Gasteiger partial charge in [0.2, 0.25) is 5.91 Å². The topological polar surface area (TPSA) is 45.2 Å². The molecule has 2 heterocycles. The number of aryl methyl sites for hydroxylation is 1. The third-order valence-corrected chi connectivity index (χ3v) is 4.50. The number of hydrogen-bond donors (Lipinski definition) is 1. The zero-order valence-electron chi connectivity index (χ0n) is 12.7. The maximum atomic E-state index is 11.8. The normalized spacial score (nSPS) is 14.1. The molecular weight excluding hydrogens is 298 g/mol. The van der Waals surface area contributed by atoms with E-state index in [0.29, 0.717) is 13.0 Å². The van der Waals surface area contributed by atoms with E-state index in [0.717, 1.165) is 33.8 Å². The summed E-state index contributed by atoms with van der Waals surface area (Å²) in [5.74, 6) is 0.163. The summed E-state index contributed by atoms with van der Waals surface area (Å²) in [6, 6.07) is 6.10. The number of aromatic nitrogens is 1. The van der Waals surface area contributed by atoms with E-state index in [1.54, 1.807) is 17.3 Å². The molecule has 22 heavy (non-hydrogen) atoms. The maximum Gasteiger partial charge on any atom is 0.227 e. The number of carbonyl (C=O) groups is 1. The Morgan fingerprint density at radius 1 is 1.32 bits per heavy atom. The van der Waals surface area contributed by atoms with E-state index in [4.69, 9.17) is 11.6 Å². The molecular formula is C17H18ClN3O. The number of rotatable bonds is 3. The number of nitrogens with one attached hydrogen (secondary N) is 1. The van der Waals surface area contributed by atoms with Crippen LogP contribution in [0, 0.1) is 0 Å². The molecule has 1 aromatic carbocycles. The predicted molar refractivity (Wildman–Crippen MR) is 89.2 cm³/mol. The van der Waals surface area contributed by atoms with Gasteiger partial charge in [-0.15, -0.1) is 0 Å². The number of pyridine rings is 1. The van der Waals surface area contributed by atoms with Gasteiger partial charge >= 0.3 is 0 Å². The van der Waals surface area contributed by atoms with E-state index in [9.17, 15) is 4.79 Å². The Labute approximate surface area is 135 Å². The number of halogens is 1. The number of carbonyl (C=O) groups excluding carboxylic acids is 1. The maximum absolute atomic E-state index is 11.8. The number of hydrogen-bond acceptors (Lipinski definition) is 3. The Balaban J connectivity index is 2.04. The van der Waals surface area contributed by atoms with E-state index in [1.165, 1.54) is 5.56 Å². The summed E-state index contributed by atoms with van der Waals surface area (Å²) in [5.41, 5.74) is 5.10. The van der Waals surface area contributed by atoms with Crippen LogP contribution in [0.3, 0.4) is 0 Å². The molecule has 4 nitrogen and oxygen atoms in total. The summed E-state index contributed by atoms with van der Waals surface area (Å²) in [7, 11) is 3.71. The van der Waals surface area contributed by atoms with E-state index in [1.807, 2.05) is 26.2 Å². The summed E-state index contributed by atoms with van der Waals surface area (Å²) < 4.78 is 0. The Morgan fingerprint density at radius 2 is 2.14 bits per heavy atom. The van der Waals surface area contributed by atoms with Gasteiger partial charge in [-0.1, -0.05) is 17.7 Å². The van der Waals surface area contributed by atoms with Crippen LogP contribution in [-0.2, 0) is 17.8 Å². The Kier molecular flexibility index (Phi) is 4.14. The van der Waals surface area contributed by atoms with Crippen molar-refractivity contribution in [3.05, 3.63) is 46.7 Å². The van der Waals surface area contributed by atoms with Crippen molar-refractivity contribution in [3.63, 3.8) is 0 Å². The molecule has 0 atom stereocenters. The van der Waals surface area contributed by atoms with Crippen molar-refractivity contribution in [2.24, 2.45) is 0 Å². The fraction of sp³-hybridized carbons (Fsp3) is 0.294. The van der Waals surface area contributed by atoms with Gasteiger partial charge < -0.3 is 10.2 Å². The molecule has 1 aromatic heterocycles. The Hall–Kier alpha value is -1.91. The minimum atomic E-state index is 0.163. The molecule has 1 aliphatic rings. The van der Waals surface area contributed by atoms with Gasteiger partial charge in [0.05, 0.1) is 5.02 Å². The minimum absolute atomic E-state index is 0.163. The SMILES string of the molecule is CNCc1cncc(-c2ccc3c(c2)CCC(=O)N3C)c1Cl. The molecule has 2 aromatic rings. The highest BCUT2D eigenvalue weighted by Crippen LogP contribution is 2.34. The fourth-order valence-electron chi connectivity index (χ4n) is 2.83. The molecule has 0 radical (unpaired) electrons. The van der Waals surface area contributed by atoms with Crippen LogP contribution in [0.5, 0.6) is 0 Å². The van der Waals surface area contributed by atoms with Gasteiger partial charge in [-0.3, -0.25) is 9.78 Å². The van der Waals surface area contributed by atoms with Crippen molar-refractivity contribution in [2.75, 3.05) is 19.0 Å². The van der Waals surface area contributed by atoms with E-state index in [2.05, 4.69) is 16.4 Å². The van der Waals surface area contributed by atoms with Crippen molar-refractivity contribution in [2.45, 2.75) is 19.4 Å². The molecule has 0 aliphatic carbocycles. The molecule has 0 unspecified atom stereocenters. The second-order valence-electron chi connectivity index (χ2n) is 5.49. The number of nitrogens with zero attached hydrogens (tertiary/aromatic N) is 2. The number of fused-ring (bicyclic) bond motifs is 1. The summed E-state index contributed by atoms with van der Waals surface area (Å²) >= 11 is 6.51. The summed E-state index contributed by atoms with van der Waals surface area (Å²) in [5, 5.41) is 3.82. The monoisotopic (exact) mass is 315 g/mol. The van der Waals surface area contributed by atoms with Gasteiger partial charge in [0, 0.05) is 49.2 Å². The lowest BCUT2D eigenvalue weighted by atomic mass is 9.96. The van der Waals surface area contributed by atoms with Crippen molar-refractivity contribution in [1.29, 1.82) is 0 Å². The number of benzene rings is 1. The summed E-state index contributed by atoms with van der Waals surface area (Å²) in [6.45, 7) is 0.682. The van der Waals surface area contributed by atoms with Crippen LogP contribution in [0.2, 0.25) is 5.02 Å². The molecule has 1 amide bonds. The van der Waals surface area contributed by atoms with Crippen LogP contribution < -0.4 is 10.2 Å². The largest absolute Gasteiger partial charge is 0.316 e. The molecule has 0 saturated heterocycles.